The Balaban J connectivity index is 1.73. The second-order valence-electron chi connectivity index (χ2n) is 11.4. The molecule has 1 aromatic carbocycles. The molecule has 1 aromatic rings. The highest BCUT2D eigenvalue weighted by Crippen LogP contribution is 2.48. The van der Waals surface area contributed by atoms with Gasteiger partial charge in [-0.25, -0.2) is 4.79 Å². The van der Waals surface area contributed by atoms with Crippen molar-refractivity contribution in [3.63, 3.8) is 0 Å². The van der Waals surface area contributed by atoms with E-state index in [9.17, 15) is 14.5 Å². The summed E-state index contributed by atoms with van der Waals surface area (Å²) in [5.74, 6) is -0.464. The van der Waals surface area contributed by atoms with Gasteiger partial charge in [-0.15, -0.1) is 0 Å². The molecule has 1 amide bonds. The van der Waals surface area contributed by atoms with Crippen LogP contribution < -0.4 is 5.32 Å². The van der Waals surface area contributed by atoms with Gasteiger partial charge in [-0.3, -0.25) is 4.79 Å². The van der Waals surface area contributed by atoms with Crippen molar-refractivity contribution in [2.45, 2.75) is 128 Å². The van der Waals surface area contributed by atoms with Gasteiger partial charge in [0.05, 0.1) is 6.04 Å². The molecule has 0 aromatic heterocycles. The van der Waals surface area contributed by atoms with Crippen molar-refractivity contribution < 1.29 is 37.7 Å². The highest BCUT2D eigenvalue weighted by atomic mass is 32.5. The minimum Gasteiger partial charge on any atom is -0.434 e. The summed E-state index contributed by atoms with van der Waals surface area (Å²) in [6, 6.07) is 8.90. The summed E-state index contributed by atoms with van der Waals surface area (Å²) in [6.45, 7) is -1.26. The molecule has 1 fully saturated rings. The van der Waals surface area contributed by atoms with Crippen LogP contribution in [-0.4, -0.2) is 56.0 Å². The van der Waals surface area contributed by atoms with Crippen LogP contribution in [0.3, 0.4) is 0 Å². The molecule has 9 nitrogen and oxygen atoms in total. The molecule has 1 aliphatic rings. The van der Waals surface area contributed by atoms with Crippen LogP contribution in [0.1, 0.15) is 109 Å². The van der Waals surface area contributed by atoms with E-state index in [2.05, 4.69) is 12.2 Å². The number of benzene rings is 1. The van der Waals surface area contributed by atoms with Gasteiger partial charge >= 0.3 is 12.9 Å². The van der Waals surface area contributed by atoms with Crippen LogP contribution in [0, 0.1) is 5.92 Å². The van der Waals surface area contributed by atoms with Gasteiger partial charge in [-0.2, -0.15) is 0 Å². The minimum absolute atomic E-state index is 0.0531. The maximum absolute atomic E-state index is 12.8. The molecule has 5 atom stereocenters. The lowest BCUT2D eigenvalue weighted by atomic mass is 10.0. The van der Waals surface area contributed by atoms with E-state index < -0.39 is 37.0 Å². The van der Waals surface area contributed by atoms with E-state index in [0.29, 0.717) is 12.8 Å². The van der Waals surface area contributed by atoms with E-state index in [1.165, 1.54) is 78.4 Å². The Morgan fingerprint density at radius 3 is 2.02 bits per heavy atom. The molecule has 0 spiro atoms. The fraction of sp³-hybridized carbons (Fsp3) is 0.750. The second kappa shape index (κ2) is 22.0. The third-order valence-electron chi connectivity index (χ3n) is 7.97. The summed E-state index contributed by atoms with van der Waals surface area (Å²) in [5.41, 5.74) is 0.841. The highest BCUT2D eigenvalue weighted by molar-refractivity contribution is 8.07. The molecular formula is C32H54NO8PS. The predicted octanol–water partition coefficient (Wildman–Crippen LogP) is 7.59. The summed E-state index contributed by atoms with van der Waals surface area (Å²) >= 11 is 5.08. The summed E-state index contributed by atoms with van der Waals surface area (Å²) in [7, 11) is 2.79. The molecule has 1 saturated carbocycles. The topological polar surface area (TPSA) is 113 Å². The molecule has 1 aliphatic carbocycles. The lowest BCUT2D eigenvalue weighted by Gasteiger charge is -2.28. The van der Waals surface area contributed by atoms with Gasteiger partial charge in [0.2, 0.25) is 5.91 Å². The first-order chi connectivity index (χ1) is 20.8. The van der Waals surface area contributed by atoms with E-state index in [0.717, 1.165) is 24.8 Å². The van der Waals surface area contributed by atoms with Gasteiger partial charge in [-0.1, -0.05) is 114 Å². The Bertz CT molecular complexity index is 953. The van der Waals surface area contributed by atoms with Gasteiger partial charge in [0, 0.05) is 26.6 Å². The molecule has 0 saturated heterocycles. The summed E-state index contributed by atoms with van der Waals surface area (Å²) in [5, 5.41) is 3.06. The Morgan fingerprint density at radius 1 is 0.884 bits per heavy atom. The molecule has 43 heavy (non-hydrogen) atoms. The standard InChI is InChI=1S/C32H54NO8PS/c1-4-5-6-7-8-9-10-11-12-13-14-15-19-22-29(34)33-28-23-27(30(31(28)37-2)41-42(36,43)38-3)25-40-32(35)39-24-26-20-17-16-18-21-26/h16-18,20-21,27-28,30-31H,4-15,19,22-25H2,1-3H3,(H,33,34)(H,36,43)/t27-,28+,30+,31?,42?/m1/s1. The number of hydrogen-bond donors (Lipinski definition) is 2. The molecule has 2 unspecified atom stereocenters. The van der Waals surface area contributed by atoms with Gasteiger partial charge in [-0.05, 0) is 30.2 Å². The minimum atomic E-state index is -3.55. The number of amides is 1. The number of hydrogen-bond acceptors (Lipinski definition) is 8. The van der Waals surface area contributed by atoms with E-state index in [1.54, 1.807) is 0 Å². The number of carbonyl (C=O) groups is 2. The van der Waals surface area contributed by atoms with Crippen LogP contribution in [-0.2, 0) is 46.5 Å². The van der Waals surface area contributed by atoms with Gasteiger partial charge in [0.25, 0.3) is 0 Å². The number of methoxy groups -OCH3 is 1. The third kappa shape index (κ3) is 15.8. The zero-order valence-electron chi connectivity index (χ0n) is 26.4. The second-order valence-corrected chi connectivity index (χ2v) is 14.3. The Kier molecular flexibility index (Phi) is 19.3. The molecule has 0 bridgehead atoms. The van der Waals surface area contributed by atoms with Crippen LogP contribution in [0.25, 0.3) is 0 Å². The predicted molar refractivity (Wildman–Crippen MR) is 172 cm³/mol. The molecule has 0 aliphatic heterocycles. The Hall–Kier alpha value is -1.55. The van der Waals surface area contributed by atoms with Crippen molar-refractivity contribution in [1.82, 2.24) is 5.32 Å². The summed E-state index contributed by atoms with van der Waals surface area (Å²) in [6.07, 6.45) is 14.9. The number of rotatable bonds is 23. The smallest absolute Gasteiger partial charge is 0.434 e. The van der Waals surface area contributed by atoms with Crippen molar-refractivity contribution in [3.05, 3.63) is 35.9 Å². The van der Waals surface area contributed by atoms with E-state index in [-0.39, 0.29) is 19.1 Å². The van der Waals surface area contributed by atoms with Crippen molar-refractivity contribution in [2.75, 3.05) is 20.8 Å². The lowest BCUT2D eigenvalue weighted by Crippen LogP contribution is -2.44. The zero-order chi connectivity index (χ0) is 31.3. The van der Waals surface area contributed by atoms with Crippen molar-refractivity contribution in [3.8, 4) is 0 Å². The average Bonchev–Trinajstić information content (AvgIpc) is 3.32. The molecule has 246 valence electrons. The average molecular weight is 644 g/mol. The number of nitrogens with one attached hydrogen (secondary N) is 1. The van der Waals surface area contributed by atoms with Crippen LogP contribution in [0.5, 0.6) is 0 Å². The van der Waals surface area contributed by atoms with Gasteiger partial charge < -0.3 is 33.5 Å². The maximum atomic E-state index is 12.8. The molecule has 0 heterocycles. The zero-order valence-corrected chi connectivity index (χ0v) is 28.1. The first-order valence-corrected chi connectivity index (χ1v) is 18.6. The molecule has 0 radical (unpaired) electrons. The molecule has 2 N–H and O–H groups in total. The number of carbonyl (C=O) groups excluding carboxylic acids is 2. The third-order valence-corrected chi connectivity index (χ3v) is 9.64. The summed E-state index contributed by atoms with van der Waals surface area (Å²) < 4.78 is 27.0. The van der Waals surface area contributed by atoms with Crippen molar-refractivity contribution in [2.24, 2.45) is 5.92 Å². The van der Waals surface area contributed by atoms with E-state index in [4.69, 9.17) is 35.1 Å². The quantitative estimate of drug-likeness (QED) is 0.0708. The Morgan fingerprint density at radius 2 is 1.47 bits per heavy atom. The number of unbranched alkanes of at least 4 members (excludes halogenated alkanes) is 12. The van der Waals surface area contributed by atoms with Crippen molar-refractivity contribution >= 4 is 30.6 Å². The van der Waals surface area contributed by atoms with Crippen molar-refractivity contribution in [1.29, 1.82) is 0 Å². The molecule has 2 rings (SSSR count). The van der Waals surface area contributed by atoms with Gasteiger partial charge in [0.1, 0.15) is 25.4 Å². The largest absolute Gasteiger partial charge is 0.508 e. The van der Waals surface area contributed by atoms with Crippen LogP contribution >= 0.6 is 6.72 Å². The molecular weight excluding hydrogens is 589 g/mol. The Labute approximate surface area is 264 Å². The normalized spacial score (nSPS) is 21.3. The lowest BCUT2D eigenvalue weighted by molar-refractivity contribution is -0.123. The fourth-order valence-corrected chi connectivity index (χ4v) is 6.54. The SMILES string of the molecule is CCCCCCCCCCCCCCCC(=O)N[C@H]1C[C@H](COC(=O)OCc2ccccc2)[C@H](OP(O)(=S)OC)C1OC. The highest BCUT2D eigenvalue weighted by Gasteiger charge is 2.47. The van der Waals surface area contributed by atoms with Crippen LogP contribution in [0.4, 0.5) is 4.79 Å². The first kappa shape index (κ1) is 37.6. The van der Waals surface area contributed by atoms with Gasteiger partial charge in [0.15, 0.2) is 0 Å². The molecule has 11 heteroatoms. The number of ether oxygens (including phenoxy) is 3. The monoisotopic (exact) mass is 643 g/mol. The maximum Gasteiger partial charge on any atom is 0.508 e. The fourth-order valence-electron chi connectivity index (χ4n) is 5.55. The van der Waals surface area contributed by atoms with Crippen LogP contribution in [0.2, 0.25) is 0 Å². The first-order valence-electron chi connectivity index (χ1n) is 16.0. The van der Waals surface area contributed by atoms with Crippen LogP contribution in [0.15, 0.2) is 30.3 Å². The summed E-state index contributed by atoms with van der Waals surface area (Å²) in [4.78, 5) is 35.4. The van der Waals surface area contributed by atoms with E-state index in [1.807, 2.05) is 30.3 Å². The van der Waals surface area contributed by atoms with E-state index >= 15 is 0 Å².